The third kappa shape index (κ3) is 2.18. The van der Waals surface area contributed by atoms with E-state index in [0.29, 0.717) is 6.54 Å². The summed E-state index contributed by atoms with van der Waals surface area (Å²) in [6, 6.07) is 9.64. The van der Waals surface area contributed by atoms with Gasteiger partial charge in [-0.15, -0.1) is 0 Å². The van der Waals surface area contributed by atoms with Gasteiger partial charge >= 0.3 is 5.97 Å². The van der Waals surface area contributed by atoms with Crippen molar-refractivity contribution in [2.75, 3.05) is 6.54 Å². The van der Waals surface area contributed by atoms with Crippen molar-refractivity contribution in [2.45, 2.75) is 38.2 Å². The van der Waals surface area contributed by atoms with Gasteiger partial charge in [0.15, 0.2) is 0 Å². The zero-order chi connectivity index (χ0) is 16.9. The van der Waals surface area contributed by atoms with Crippen LogP contribution in [0.2, 0.25) is 0 Å². The first-order chi connectivity index (χ1) is 11.5. The predicted molar refractivity (Wildman–Crippen MR) is 86.8 cm³/mol. The molecule has 4 rings (SSSR count). The number of esters is 1. The number of ether oxygens (including phenoxy) is 2. The number of likely N-dealkylation sites (tertiary alicyclic amines) is 1. The number of fused-ring (bicyclic) bond motifs is 1. The van der Waals surface area contributed by atoms with Crippen LogP contribution in [0, 0.1) is 11.8 Å². The van der Waals surface area contributed by atoms with Crippen molar-refractivity contribution in [1.29, 1.82) is 0 Å². The van der Waals surface area contributed by atoms with Crippen molar-refractivity contribution in [3.63, 3.8) is 0 Å². The maximum Gasteiger partial charge on any atom is 0.313 e. The molecule has 0 saturated carbocycles. The summed E-state index contributed by atoms with van der Waals surface area (Å²) in [5.41, 5.74) is 0.282. The van der Waals surface area contributed by atoms with E-state index in [4.69, 9.17) is 9.47 Å². The number of hydrogen-bond donors (Lipinski definition) is 0. The van der Waals surface area contributed by atoms with E-state index >= 15 is 0 Å². The van der Waals surface area contributed by atoms with E-state index in [1.165, 1.54) is 0 Å². The maximum atomic E-state index is 12.8. The summed E-state index contributed by atoms with van der Waals surface area (Å²) < 4.78 is 11.5. The average Bonchev–Trinajstić information content (AvgIpc) is 3.22. The highest BCUT2D eigenvalue weighted by molar-refractivity contribution is 5.91. The van der Waals surface area contributed by atoms with E-state index in [1.54, 1.807) is 4.90 Å². The van der Waals surface area contributed by atoms with Gasteiger partial charge in [0.25, 0.3) is 0 Å². The molecule has 5 nitrogen and oxygen atoms in total. The van der Waals surface area contributed by atoms with Crippen LogP contribution < -0.4 is 0 Å². The highest BCUT2D eigenvalue weighted by atomic mass is 16.6. The molecule has 0 radical (unpaired) electrons. The Morgan fingerprint density at radius 1 is 1.38 bits per heavy atom. The Labute approximate surface area is 141 Å². The Morgan fingerprint density at radius 2 is 2.12 bits per heavy atom. The van der Waals surface area contributed by atoms with E-state index in [-0.39, 0.29) is 30.6 Å². The van der Waals surface area contributed by atoms with Crippen LogP contribution in [0.15, 0.2) is 42.5 Å². The first-order valence-corrected chi connectivity index (χ1v) is 8.40. The first kappa shape index (κ1) is 15.4. The lowest BCUT2D eigenvalue weighted by molar-refractivity contribution is -0.155. The van der Waals surface area contributed by atoms with Gasteiger partial charge in [0.1, 0.15) is 18.1 Å². The highest BCUT2D eigenvalue weighted by Crippen LogP contribution is 2.52. The zero-order valence-corrected chi connectivity index (χ0v) is 13.8. The Bertz CT molecular complexity index is 699. The van der Waals surface area contributed by atoms with E-state index in [1.807, 2.05) is 56.3 Å². The van der Waals surface area contributed by atoms with Gasteiger partial charge in [-0.2, -0.15) is 0 Å². The summed E-state index contributed by atoms with van der Waals surface area (Å²) in [7, 11) is 0. The topological polar surface area (TPSA) is 55.8 Å². The molecule has 0 unspecified atom stereocenters. The van der Waals surface area contributed by atoms with Gasteiger partial charge in [0.05, 0.1) is 18.6 Å². The van der Waals surface area contributed by atoms with Crippen molar-refractivity contribution in [3.05, 3.63) is 48.0 Å². The summed E-state index contributed by atoms with van der Waals surface area (Å²) in [6.07, 6.45) is 3.52. The summed E-state index contributed by atoms with van der Waals surface area (Å²) in [5, 5.41) is 0. The molecule has 0 aromatic heterocycles. The largest absolute Gasteiger partial charge is 0.460 e. The second-order valence-electron chi connectivity index (χ2n) is 7.05. The lowest BCUT2D eigenvalue weighted by atomic mass is 9.77. The Morgan fingerprint density at radius 3 is 2.83 bits per heavy atom. The molecule has 2 bridgehead atoms. The Hall–Kier alpha value is -2.14. The number of hydrogen-bond acceptors (Lipinski definition) is 4. The van der Waals surface area contributed by atoms with Gasteiger partial charge in [-0.05, 0) is 19.4 Å². The quantitative estimate of drug-likeness (QED) is 0.626. The molecule has 3 aliphatic rings. The van der Waals surface area contributed by atoms with E-state index in [0.717, 1.165) is 5.56 Å². The summed E-state index contributed by atoms with van der Waals surface area (Å²) in [5.74, 6) is -1.36. The molecule has 24 heavy (non-hydrogen) atoms. The smallest absolute Gasteiger partial charge is 0.313 e. The first-order valence-electron chi connectivity index (χ1n) is 8.40. The molecule has 0 aliphatic carbocycles. The fourth-order valence-electron chi connectivity index (χ4n) is 4.06. The lowest BCUT2D eigenvalue weighted by Crippen LogP contribution is -2.40. The SMILES string of the molecule is CC(C)N1C[C@@]23C=C[C@@H](O2)[C@@H](C(=O)OCc2ccccc2)[C@@H]3C1=O. The van der Waals surface area contributed by atoms with E-state index in [9.17, 15) is 9.59 Å². The molecule has 2 fully saturated rings. The lowest BCUT2D eigenvalue weighted by Gasteiger charge is -2.24. The van der Waals surface area contributed by atoms with Crippen molar-refractivity contribution in [2.24, 2.45) is 11.8 Å². The molecule has 2 saturated heterocycles. The second-order valence-corrected chi connectivity index (χ2v) is 7.05. The third-order valence-electron chi connectivity index (χ3n) is 5.25. The zero-order valence-electron chi connectivity index (χ0n) is 13.8. The number of carbonyl (C=O) groups is 2. The van der Waals surface area contributed by atoms with Crippen LogP contribution in [0.5, 0.6) is 0 Å². The molecule has 1 aromatic carbocycles. The average molecular weight is 327 g/mol. The van der Waals surface area contributed by atoms with Gasteiger partial charge in [-0.3, -0.25) is 9.59 Å². The minimum atomic E-state index is -0.650. The van der Waals surface area contributed by atoms with Crippen molar-refractivity contribution in [3.8, 4) is 0 Å². The van der Waals surface area contributed by atoms with E-state index < -0.39 is 17.4 Å². The number of carbonyl (C=O) groups excluding carboxylic acids is 2. The fourth-order valence-corrected chi connectivity index (χ4v) is 4.06. The Kier molecular flexibility index (Phi) is 3.49. The minimum absolute atomic E-state index is 0.00138. The molecule has 1 amide bonds. The minimum Gasteiger partial charge on any atom is -0.460 e. The van der Waals surface area contributed by atoms with Crippen LogP contribution in [-0.4, -0.2) is 41.1 Å². The number of rotatable bonds is 4. The van der Waals surface area contributed by atoms with Gasteiger partial charge in [0, 0.05) is 6.04 Å². The molecule has 5 heteroatoms. The maximum absolute atomic E-state index is 12.8. The second kappa shape index (κ2) is 5.45. The normalized spacial score (nSPS) is 33.4. The van der Waals surface area contributed by atoms with Crippen molar-refractivity contribution >= 4 is 11.9 Å². The van der Waals surface area contributed by atoms with Crippen LogP contribution in [-0.2, 0) is 25.7 Å². The van der Waals surface area contributed by atoms with Gasteiger partial charge < -0.3 is 14.4 Å². The number of nitrogens with zero attached hydrogens (tertiary/aromatic N) is 1. The molecule has 4 atom stereocenters. The molecule has 1 aromatic rings. The summed E-state index contributed by atoms with van der Waals surface area (Å²) in [6.45, 7) is 4.70. The monoisotopic (exact) mass is 327 g/mol. The van der Waals surface area contributed by atoms with Crippen LogP contribution in [0.4, 0.5) is 0 Å². The number of benzene rings is 1. The van der Waals surface area contributed by atoms with Gasteiger partial charge in [-0.1, -0.05) is 42.5 Å². The molecule has 3 heterocycles. The fraction of sp³-hybridized carbons (Fsp3) is 0.474. The molecule has 3 aliphatic heterocycles. The molecular formula is C19H21NO4. The standard InChI is InChI=1S/C19H21NO4/c1-12(2)20-11-19-9-8-14(24-19)15(16(19)17(20)21)18(22)23-10-13-6-4-3-5-7-13/h3-9,12,14-16H,10-11H2,1-2H3/t14-,15-,16-,19-/m1/s1. The van der Waals surface area contributed by atoms with Crippen LogP contribution in [0.25, 0.3) is 0 Å². The van der Waals surface area contributed by atoms with Crippen molar-refractivity contribution in [1.82, 2.24) is 4.90 Å². The summed E-state index contributed by atoms with van der Waals surface area (Å²) >= 11 is 0. The molecular weight excluding hydrogens is 306 g/mol. The van der Waals surface area contributed by atoms with Crippen molar-refractivity contribution < 1.29 is 19.1 Å². The molecule has 126 valence electrons. The highest BCUT2D eigenvalue weighted by Gasteiger charge is 2.67. The predicted octanol–water partition coefficient (Wildman–Crippen LogP) is 1.92. The van der Waals surface area contributed by atoms with Gasteiger partial charge in [-0.25, -0.2) is 0 Å². The molecule has 1 spiro atoms. The van der Waals surface area contributed by atoms with Crippen LogP contribution in [0.1, 0.15) is 19.4 Å². The van der Waals surface area contributed by atoms with Gasteiger partial charge in [0.2, 0.25) is 5.91 Å². The number of amides is 1. The third-order valence-corrected chi connectivity index (χ3v) is 5.25. The van der Waals surface area contributed by atoms with Crippen LogP contribution >= 0.6 is 0 Å². The molecule has 0 N–H and O–H groups in total. The summed E-state index contributed by atoms with van der Waals surface area (Å²) in [4.78, 5) is 27.3. The Balaban J connectivity index is 1.52. The van der Waals surface area contributed by atoms with Crippen LogP contribution in [0.3, 0.4) is 0 Å². The van der Waals surface area contributed by atoms with E-state index in [2.05, 4.69) is 0 Å².